The van der Waals surface area contributed by atoms with Crippen LogP contribution in [0.5, 0.6) is 5.88 Å². The first-order valence-electron chi connectivity index (χ1n) is 9.75. The Hall–Kier alpha value is -2.65. The summed E-state index contributed by atoms with van der Waals surface area (Å²) in [6.45, 7) is 11.2. The number of rotatable bonds is 7. The van der Waals surface area contributed by atoms with Gasteiger partial charge in [0.05, 0.1) is 48.8 Å². The average molecular weight is 385 g/mol. The first kappa shape index (κ1) is 18.7. The van der Waals surface area contributed by atoms with Crippen LogP contribution in [0.1, 0.15) is 19.5 Å². The van der Waals surface area contributed by atoms with E-state index in [1.165, 1.54) is 0 Å². The van der Waals surface area contributed by atoms with Gasteiger partial charge >= 0.3 is 0 Å². The Morgan fingerprint density at radius 1 is 1.36 bits per heavy atom. The highest BCUT2D eigenvalue weighted by Gasteiger charge is 2.17. The number of nitrogens with one attached hydrogen (secondary N) is 2. The van der Waals surface area contributed by atoms with E-state index < -0.39 is 0 Å². The number of morpholine rings is 1. The summed E-state index contributed by atoms with van der Waals surface area (Å²) in [4.78, 5) is 14.6. The minimum Gasteiger partial charge on any atom is -0.477 e. The van der Waals surface area contributed by atoms with Crippen molar-refractivity contribution in [3.63, 3.8) is 0 Å². The summed E-state index contributed by atoms with van der Waals surface area (Å²) >= 11 is 0. The van der Waals surface area contributed by atoms with Crippen molar-refractivity contribution in [2.75, 3.05) is 38.2 Å². The summed E-state index contributed by atoms with van der Waals surface area (Å²) in [5.74, 6) is 1.06. The van der Waals surface area contributed by atoms with Gasteiger partial charge in [-0.2, -0.15) is 15.1 Å². The molecule has 0 unspecified atom stereocenters. The predicted molar refractivity (Wildman–Crippen MR) is 107 cm³/mol. The van der Waals surface area contributed by atoms with Gasteiger partial charge in [-0.05, 0) is 26.8 Å². The first-order valence-corrected chi connectivity index (χ1v) is 9.75. The van der Waals surface area contributed by atoms with E-state index in [1.807, 2.05) is 37.0 Å². The first-order chi connectivity index (χ1) is 13.6. The molecule has 150 valence electrons. The van der Waals surface area contributed by atoms with Crippen LogP contribution in [0.25, 0.3) is 11.0 Å². The Kier molecular flexibility index (Phi) is 5.45. The fourth-order valence-electron chi connectivity index (χ4n) is 3.46. The Morgan fingerprint density at radius 2 is 2.25 bits per heavy atom. The molecule has 0 bridgehead atoms. The topological polar surface area (TPSA) is 93.1 Å². The van der Waals surface area contributed by atoms with Gasteiger partial charge in [-0.25, -0.2) is 0 Å². The molecule has 0 amide bonds. The Balaban J connectivity index is 1.46. The summed E-state index contributed by atoms with van der Waals surface area (Å²) in [6, 6.07) is 1.92. The second-order valence-corrected chi connectivity index (χ2v) is 7.00. The van der Waals surface area contributed by atoms with E-state index >= 15 is 0 Å². The van der Waals surface area contributed by atoms with Crippen molar-refractivity contribution in [3.05, 3.63) is 24.2 Å². The van der Waals surface area contributed by atoms with Crippen LogP contribution < -0.4 is 10.1 Å². The molecular formula is C19H27N7O2. The number of aromatic nitrogens is 5. The number of hydrogen-bond acceptors (Lipinski definition) is 7. The van der Waals surface area contributed by atoms with Gasteiger partial charge < -0.3 is 19.8 Å². The number of nitrogens with zero attached hydrogens (tertiary/aromatic N) is 5. The highest BCUT2D eigenvalue weighted by atomic mass is 16.5. The Labute approximate surface area is 164 Å². The third-order valence-corrected chi connectivity index (χ3v) is 4.96. The molecule has 1 aliphatic heterocycles. The maximum Gasteiger partial charge on any atom is 0.232 e. The van der Waals surface area contributed by atoms with Crippen molar-refractivity contribution in [1.82, 2.24) is 29.6 Å². The lowest BCUT2D eigenvalue weighted by Crippen LogP contribution is -2.42. The lowest BCUT2D eigenvalue weighted by atomic mass is 10.3. The van der Waals surface area contributed by atoms with Crippen molar-refractivity contribution in [3.8, 4) is 5.88 Å². The molecule has 0 radical (unpaired) electrons. The summed E-state index contributed by atoms with van der Waals surface area (Å²) in [7, 11) is 0. The van der Waals surface area contributed by atoms with E-state index in [-0.39, 0.29) is 0 Å². The van der Waals surface area contributed by atoms with Crippen molar-refractivity contribution >= 4 is 22.7 Å². The Morgan fingerprint density at radius 3 is 3.07 bits per heavy atom. The summed E-state index contributed by atoms with van der Waals surface area (Å²) < 4.78 is 13.3. The molecule has 1 fully saturated rings. The van der Waals surface area contributed by atoms with Gasteiger partial charge in [-0.1, -0.05) is 0 Å². The predicted octanol–water partition coefficient (Wildman–Crippen LogP) is 2.33. The molecule has 9 heteroatoms. The number of ether oxygens (including phenoxy) is 2. The maximum atomic E-state index is 5.66. The second-order valence-electron chi connectivity index (χ2n) is 7.00. The standard InChI is InChI=1S/C19H27N7O2/c1-4-27-18-15-5-6-20-17(15)23-19(24-18)22-16-11-21-26(14(16)3)8-7-25-9-10-28-13(2)12-25/h5-6,11,13H,4,7-10,12H2,1-3H3,(H2,20,22,23,24)/t13-/m1/s1. The van der Waals surface area contributed by atoms with Crippen molar-refractivity contribution in [2.24, 2.45) is 0 Å². The van der Waals surface area contributed by atoms with E-state index in [9.17, 15) is 0 Å². The van der Waals surface area contributed by atoms with Gasteiger partial charge in [0, 0.05) is 25.8 Å². The molecule has 0 aromatic carbocycles. The third-order valence-electron chi connectivity index (χ3n) is 4.96. The largest absolute Gasteiger partial charge is 0.477 e. The zero-order valence-corrected chi connectivity index (χ0v) is 16.6. The molecule has 28 heavy (non-hydrogen) atoms. The fraction of sp³-hybridized carbons (Fsp3) is 0.526. The van der Waals surface area contributed by atoms with Gasteiger partial charge in [0.25, 0.3) is 0 Å². The van der Waals surface area contributed by atoms with Crippen LogP contribution in [-0.4, -0.2) is 68.6 Å². The van der Waals surface area contributed by atoms with Gasteiger partial charge in [0.2, 0.25) is 11.8 Å². The number of anilines is 2. The maximum absolute atomic E-state index is 5.66. The van der Waals surface area contributed by atoms with E-state index in [2.05, 4.69) is 37.2 Å². The van der Waals surface area contributed by atoms with Crippen molar-refractivity contribution < 1.29 is 9.47 Å². The van der Waals surface area contributed by atoms with Crippen LogP contribution >= 0.6 is 0 Å². The molecule has 4 rings (SSSR count). The number of H-pyrrole nitrogens is 1. The third kappa shape index (κ3) is 3.95. The highest BCUT2D eigenvalue weighted by Crippen LogP contribution is 2.25. The molecule has 0 saturated carbocycles. The molecular weight excluding hydrogens is 358 g/mol. The average Bonchev–Trinajstić information content (AvgIpc) is 3.28. The summed E-state index contributed by atoms with van der Waals surface area (Å²) in [5.41, 5.74) is 2.69. The second kappa shape index (κ2) is 8.15. The highest BCUT2D eigenvalue weighted by molar-refractivity contribution is 5.82. The molecule has 0 aliphatic carbocycles. The molecule has 1 saturated heterocycles. The Bertz CT molecular complexity index is 936. The molecule has 2 N–H and O–H groups in total. The molecule has 9 nitrogen and oxygen atoms in total. The molecule has 3 aromatic rings. The monoisotopic (exact) mass is 385 g/mol. The van der Waals surface area contributed by atoms with Crippen LogP contribution in [0.3, 0.4) is 0 Å². The van der Waals surface area contributed by atoms with Crippen LogP contribution in [-0.2, 0) is 11.3 Å². The molecule has 1 aliphatic rings. The van der Waals surface area contributed by atoms with E-state index in [0.717, 1.165) is 55.2 Å². The smallest absolute Gasteiger partial charge is 0.232 e. The quantitative estimate of drug-likeness (QED) is 0.645. The molecule has 3 aromatic heterocycles. The lowest BCUT2D eigenvalue weighted by Gasteiger charge is -2.31. The van der Waals surface area contributed by atoms with Gasteiger partial charge in [0.1, 0.15) is 5.65 Å². The SMILES string of the molecule is CCOc1nc(Nc2cnn(CCN3CCO[C@H](C)C3)c2C)nc2[nH]ccc12. The van der Waals surface area contributed by atoms with Crippen LogP contribution in [0.2, 0.25) is 0 Å². The number of fused-ring (bicyclic) bond motifs is 1. The van der Waals surface area contributed by atoms with Crippen molar-refractivity contribution in [2.45, 2.75) is 33.4 Å². The zero-order chi connectivity index (χ0) is 19.5. The zero-order valence-electron chi connectivity index (χ0n) is 16.6. The molecule has 1 atom stereocenters. The van der Waals surface area contributed by atoms with E-state index in [1.54, 1.807) is 0 Å². The molecule has 4 heterocycles. The normalized spacial score (nSPS) is 17.9. The lowest BCUT2D eigenvalue weighted by molar-refractivity contribution is -0.0194. The number of hydrogen-bond donors (Lipinski definition) is 2. The van der Waals surface area contributed by atoms with Crippen LogP contribution in [0.4, 0.5) is 11.6 Å². The fourth-order valence-corrected chi connectivity index (χ4v) is 3.46. The van der Waals surface area contributed by atoms with Gasteiger partial charge in [-0.15, -0.1) is 0 Å². The minimum absolute atomic E-state index is 0.296. The van der Waals surface area contributed by atoms with Crippen LogP contribution in [0, 0.1) is 6.92 Å². The van der Waals surface area contributed by atoms with E-state index in [0.29, 0.717) is 24.5 Å². The molecule has 0 spiro atoms. The van der Waals surface area contributed by atoms with Crippen LogP contribution in [0.15, 0.2) is 18.5 Å². The van der Waals surface area contributed by atoms with Gasteiger partial charge in [-0.3, -0.25) is 9.58 Å². The summed E-state index contributed by atoms with van der Waals surface area (Å²) in [6.07, 6.45) is 3.95. The van der Waals surface area contributed by atoms with Gasteiger partial charge in [0.15, 0.2) is 0 Å². The summed E-state index contributed by atoms with van der Waals surface area (Å²) in [5, 5.41) is 8.68. The minimum atomic E-state index is 0.296. The van der Waals surface area contributed by atoms with E-state index in [4.69, 9.17) is 9.47 Å². The van der Waals surface area contributed by atoms with Crippen molar-refractivity contribution in [1.29, 1.82) is 0 Å². The number of aromatic amines is 1.